The van der Waals surface area contributed by atoms with Crippen molar-refractivity contribution in [3.05, 3.63) is 47.5 Å². The van der Waals surface area contributed by atoms with E-state index >= 15 is 0 Å². The molecule has 0 aromatic heterocycles. The molecule has 0 unspecified atom stereocenters. The zero-order valence-corrected chi connectivity index (χ0v) is 9.36. The molecule has 0 radical (unpaired) electrons. The van der Waals surface area contributed by atoms with E-state index in [2.05, 4.69) is 6.07 Å². The fourth-order valence-electron chi connectivity index (χ4n) is 1.89. The summed E-state index contributed by atoms with van der Waals surface area (Å²) in [4.78, 5) is 0. The fraction of sp³-hybridized carbons (Fsp3) is 0.143. The third-order valence-electron chi connectivity index (χ3n) is 2.51. The van der Waals surface area contributed by atoms with Crippen molar-refractivity contribution in [2.75, 3.05) is 0 Å². The standard InChI is InChI=1S/C14H14O2/c1-9-5-10(2)7-11(6-9)13-8-12(15)3-4-14(13)16/h3-8,15-16H,1-2H3. The second-order valence-electron chi connectivity index (χ2n) is 4.08. The lowest BCUT2D eigenvalue weighted by atomic mass is 10.00. The first kappa shape index (κ1) is 10.6. The molecule has 0 saturated carbocycles. The van der Waals surface area contributed by atoms with Crippen LogP contribution in [0.5, 0.6) is 11.5 Å². The molecule has 2 heteroatoms. The lowest BCUT2D eigenvalue weighted by Gasteiger charge is -2.07. The Hall–Kier alpha value is -1.96. The molecule has 2 aromatic carbocycles. The number of benzene rings is 2. The third kappa shape index (κ3) is 2.01. The van der Waals surface area contributed by atoms with Crippen molar-refractivity contribution in [3.63, 3.8) is 0 Å². The second kappa shape index (κ2) is 3.89. The molecule has 2 aromatic rings. The maximum Gasteiger partial charge on any atom is 0.123 e. The van der Waals surface area contributed by atoms with Gasteiger partial charge >= 0.3 is 0 Å². The van der Waals surface area contributed by atoms with Crippen LogP contribution in [0.25, 0.3) is 11.1 Å². The van der Waals surface area contributed by atoms with E-state index in [0.29, 0.717) is 5.56 Å². The lowest BCUT2D eigenvalue weighted by Crippen LogP contribution is -1.83. The summed E-state index contributed by atoms with van der Waals surface area (Å²) in [5.41, 5.74) is 3.85. The molecule has 0 amide bonds. The van der Waals surface area contributed by atoms with Gasteiger partial charge in [0.25, 0.3) is 0 Å². The quantitative estimate of drug-likeness (QED) is 0.714. The monoisotopic (exact) mass is 214 g/mol. The largest absolute Gasteiger partial charge is 0.508 e. The minimum atomic E-state index is 0.159. The molecule has 16 heavy (non-hydrogen) atoms. The number of aromatic hydroxyl groups is 2. The minimum Gasteiger partial charge on any atom is -0.508 e. The molecule has 0 spiro atoms. The summed E-state index contributed by atoms with van der Waals surface area (Å²) in [6.45, 7) is 4.02. The molecule has 0 atom stereocenters. The molecule has 0 aliphatic carbocycles. The Morgan fingerprint density at radius 1 is 0.812 bits per heavy atom. The van der Waals surface area contributed by atoms with Crippen LogP contribution in [-0.4, -0.2) is 10.2 Å². The predicted molar refractivity (Wildman–Crippen MR) is 64.7 cm³/mol. The lowest BCUT2D eigenvalue weighted by molar-refractivity contribution is 0.462. The molecule has 2 rings (SSSR count). The van der Waals surface area contributed by atoms with E-state index in [0.717, 1.165) is 16.7 Å². The van der Waals surface area contributed by atoms with Crippen LogP contribution < -0.4 is 0 Å². The van der Waals surface area contributed by atoms with Crippen LogP contribution in [0, 0.1) is 13.8 Å². The number of phenols is 2. The summed E-state index contributed by atoms with van der Waals surface area (Å²) in [5.74, 6) is 0.342. The minimum absolute atomic E-state index is 0.159. The van der Waals surface area contributed by atoms with E-state index in [1.807, 2.05) is 26.0 Å². The maximum atomic E-state index is 9.76. The smallest absolute Gasteiger partial charge is 0.123 e. The van der Waals surface area contributed by atoms with Crippen LogP contribution in [0.3, 0.4) is 0 Å². The summed E-state index contributed by atoms with van der Waals surface area (Å²) in [5, 5.41) is 19.2. The average Bonchev–Trinajstić information content (AvgIpc) is 2.20. The molecule has 0 saturated heterocycles. The summed E-state index contributed by atoms with van der Waals surface area (Å²) in [7, 11) is 0. The first-order valence-corrected chi connectivity index (χ1v) is 5.17. The number of hydrogen-bond acceptors (Lipinski definition) is 2. The van der Waals surface area contributed by atoms with Crippen molar-refractivity contribution in [3.8, 4) is 22.6 Å². The van der Waals surface area contributed by atoms with E-state index < -0.39 is 0 Å². The van der Waals surface area contributed by atoms with Gasteiger partial charge in [-0.2, -0.15) is 0 Å². The van der Waals surface area contributed by atoms with Crippen LogP contribution in [0.2, 0.25) is 0 Å². The Balaban J connectivity index is 2.62. The van der Waals surface area contributed by atoms with Gasteiger partial charge in [0, 0.05) is 5.56 Å². The normalized spacial score (nSPS) is 10.4. The Morgan fingerprint density at radius 3 is 2.06 bits per heavy atom. The highest BCUT2D eigenvalue weighted by Gasteiger charge is 2.06. The van der Waals surface area contributed by atoms with E-state index in [1.54, 1.807) is 6.07 Å². The SMILES string of the molecule is Cc1cc(C)cc(-c2cc(O)ccc2O)c1. The van der Waals surface area contributed by atoms with Gasteiger partial charge in [-0.05, 0) is 37.6 Å². The van der Waals surface area contributed by atoms with Gasteiger partial charge in [0.1, 0.15) is 11.5 Å². The number of phenolic OH excluding ortho intramolecular Hbond substituents is 2. The average molecular weight is 214 g/mol. The van der Waals surface area contributed by atoms with Crippen molar-refractivity contribution in [1.82, 2.24) is 0 Å². The molecule has 0 aliphatic rings. The van der Waals surface area contributed by atoms with Gasteiger partial charge in [0.05, 0.1) is 0 Å². The summed E-state index contributed by atoms with van der Waals surface area (Å²) < 4.78 is 0. The van der Waals surface area contributed by atoms with Gasteiger partial charge in [-0.1, -0.05) is 29.3 Å². The first-order chi connectivity index (χ1) is 7.56. The van der Waals surface area contributed by atoms with Crippen LogP contribution in [0.4, 0.5) is 0 Å². The Morgan fingerprint density at radius 2 is 1.44 bits per heavy atom. The second-order valence-corrected chi connectivity index (χ2v) is 4.08. The zero-order valence-electron chi connectivity index (χ0n) is 9.36. The van der Waals surface area contributed by atoms with E-state index in [1.165, 1.54) is 12.1 Å². The van der Waals surface area contributed by atoms with Crippen molar-refractivity contribution in [2.24, 2.45) is 0 Å². The van der Waals surface area contributed by atoms with Gasteiger partial charge in [0.15, 0.2) is 0 Å². The Kier molecular flexibility index (Phi) is 2.57. The molecule has 0 fully saturated rings. The van der Waals surface area contributed by atoms with Gasteiger partial charge in [-0.3, -0.25) is 0 Å². The van der Waals surface area contributed by atoms with Crippen LogP contribution in [-0.2, 0) is 0 Å². The fourth-order valence-corrected chi connectivity index (χ4v) is 1.89. The molecular formula is C14H14O2. The highest BCUT2D eigenvalue weighted by atomic mass is 16.3. The van der Waals surface area contributed by atoms with Crippen molar-refractivity contribution >= 4 is 0 Å². The molecule has 82 valence electrons. The number of hydrogen-bond donors (Lipinski definition) is 2. The van der Waals surface area contributed by atoms with E-state index in [-0.39, 0.29) is 11.5 Å². The molecule has 2 N–H and O–H groups in total. The number of aryl methyl sites for hydroxylation is 2. The molecule has 0 aliphatic heterocycles. The first-order valence-electron chi connectivity index (χ1n) is 5.17. The molecule has 0 bridgehead atoms. The Labute approximate surface area is 94.8 Å². The summed E-state index contributed by atoms with van der Waals surface area (Å²) in [6, 6.07) is 10.6. The zero-order chi connectivity index (χ0) is 11.7. The van der Waals surface area contributed by atoms with Crippen LogP contribution >= 0.6 is 0 Å². The summed E-state index contributed by atoms with van der Waals surface area (Å²) >= 11 is 0. The van der Waals surface area contributed by atoms with E-state index in [9.17, 15) is 10.2 Å². The van der Waals surface area contributed by atoms with E-state index in [4.69, 9.17) is 0 Å². The highest BCUT2D eigenvalue weighted by molar-refractivity contribution is 5.72. The van der Waals surface area contributed by atoms with Crippen molar-refractivity contribution in [1.29, 1.82) is 0 Å². The number of rotatable bonds is 1. The van der Waals surface area contributed by atoms with Crippen LogP contribution in [0.1, 0.15) is 11.1 Å². The molecular weight excluding hydrogens is 200 g/mol. The highest BCUT2D eigenvalue weighted by Crippen LogP contribution is 2.33. The maximum absolute atomic E-state index is 9.76. The van der Waals surface area contributed by atoms with Crippen molar-refractivity contribution in [2.45, 2.75) is 13.8 Å². The van der Waals surface area contributed by atoms with Gasteiger partial charge in [-0.15, -0.1) is 0 Å². The summed E-state index contributed by atoms with van der Waals surface area (Å²) in [6.07, 6.45) is 0. The predicted octanol–water partition coefficient (Wildman–Crippen LogP) is 3.38. The van der Waals surface area contributed by atoms with Gasteiger partial charge in [0.2, 0.25) is 0 Å². The molecule has 0 heterocycles. The topological polar surface area (TPSA) is 40.5 Å². The molecule has 2 nitrogen and oxygen atoms in total. The van der Waals surface area contributed by atoms with Crippen LogP contribution in [0.15, 0.2) is 36.4 Å². The Bertz CT molecular complexity index is 510. The van der Waals surface area contributed by atoms with Crippen molar-refractivity contribution < 1.29 is 10.2 Å². The third-order valence-corrected chi connectivity index (χ3v) is 2.51. The van der Waals surface area contributed by atoms with Gasteiger partial charge < -0.3 is 10.2 Å². The van der Waals surface area contributed by atoms with Gasteiger partial charge in [-0.25, -0.2) is 0 Å².